The number of ether oxygens (including phenoxy) is 1. The standard InChI is InChI=1S/C15H13BrFNO2S/c1-20-14-7-10(3-5-13(14)17)15(19)11-4-2-9(8-21-18)6-12(11)16/h2-7H,8,18H2,1H3. The number of hydrogen-bond donors (Lipinski definition) is 1. The molecule has 0 radical (unpaired) electrons. The summed E-state index contributed by atoms with van der Waals surface area (Å²) in [4.78, 5) is 12.5. The van der Waals surface area contributed by atoms with Gasteiger partial charge in [-0.1, -0.05) is 33.9 Å². The molecule has 0 aliphatic carbocycles. The van der Waals surface area contributed by atoms with Crippen LogP contribution in [0, 0.1) is 5.82 Å². The Bertz CT molecular complexity index is 679. The molecule has 0 spiro atoms. The second-order valence-corrected chi connectivity index (χ2v) is 5.78. The summed E-state index contributed by atoms with van der Waals surface area (Å²) in [6.45, 7) is 0. The highest BCUT2D eigenvalue weighted by molar-refractivity contribution is 9.10. The summed E-state index contributed by atoms with van der Waals surface area (Å²) in [6, 6.07) is 9.49. The topological polar surface area (TPSA) is 52.3 Å². The summed E-state index contributed by atoms with van der Waals surface area (Å²) in [5.41, 5.74) is 1.90. The second kappa shape index (κ2) is 7.06. The first-order chi connectivity index (χ1) is 10.1. The third kappa shape index (κ3) is 3.64. The Hall–Kier alpha value is -1.37. The van der Waals surface area contributed by atoms with Crippen molar-refractivity contribution in [1.29, 1.82) is 0 Å². The molecule has 0 amide bonds. The summed E-state index contributed by atoms with van der Waals surface area (Å²) in [5, 5.41) is 5.43. The summed E-state index contributed by atoms with van der Waals surface area (Å²) in [5.74, 6) is 0.0148. The summed E-state index contributed by atoms with van der Waals surface area (Å²) in [6.07, 6.45) is 0. The Balaban J connectivity index is 2.36. The number of benzene rings is 2. The van der Waals surface area contributed by atoms with Gasteiger partial charge in [-0.3, -0.25) is 9.93 Å². The number of hydrogen-bond acceptors (Lipinski definition) is 4. The molecule has 0 fully saturated rings. The molecule has 2 aromatic rings. The fourth-order valence-corrected chi connectivity index (χ4v) is 2.86. The van der Waals surface area contributed by atoms with Crippen LogP contribution in [-0.4, -0.2) is 12.9 Å². The van der Waals surface area contributed by atoms with E-state index in [2.05, 4.69) is 15.9 Å². The van der Waals surface area contributed by atoms with Crippen molar-refractivity contribution < 1.29 is 13.9 Å². The average molecular weight is 370 g/mol. The predicted octanol–water partition coefficient (Wildman–Crippen LogP) is 3.93. The van der Waals surface area contributed by atoms with Gasteiger partial charge in [-0.25, -0.2) is 4.39 Å². The minimum absolute atomic E-state index is 0.0492. The molecular formula is C15H13BrFNO2S. The summed E-state index contributed by atoms with van der Waals surface area (Å²) >= 11 is 4.61. The molecule has 0 saturated heterocycles. The highest BCUT2D eigenvalue weighted by Gasteiger charge is 2.15. The lowest BCUT2D eigenvalue weighted by Gasteiger charge is -2.08. The zero-order valence-electron chi connectivity index (χ0n) is 11.2. The lowest BCUT2D eigenvalue weighted by Crippen LogP contribution is -2.04. The Morgan fingerprint density at radius 1 is 1.33 bits per heavy atom. The summed E-state index contributed by atoms with van der Waals surface area (Å²) in [7, 11) is 1.36. The highest BCUT2D eigenvalue weighted by Crippen LogP contribution is 2.25. The van der Waals surface area contributed by atoms with Gasteiger partial charge in [0.2, 0.25) is 0 Å². The first-order valence-electron chi connectivity index (χ1n) is 6.05. The SMILES string of the molecule is COc1cc(C(=O)c2ccc(CSN)cc2Br)ccc1F. The number of nitrogens with two attached hydrogens (primary N) is 1. The Labute approximate surface area is 134 Å². The van der Waals surface area contributed by atoms with E-state index in [9.17, 15) is 9.18 Å². The molecule has 0 bridgehead atoms. The van der Waals surface area contributed by atoms with Gasteiger partial charge >= 0.3 is 0 Å². The van der Waals surface area contributed by atoms with Crippen LogP contribution in [0.2, 0.25) is 0 Å². The maximum Gasteiger partial charge on any atom is 0.194 e. The first kappa shape index (κ1) is 16.0. The number of carbonyl (C=O) groups is 1. The van der Waals surface area contributed by atoms with E-state index in [0.717, 1.165) is 5.56 Å². The molecule has 0 aromatic heterocycles. The van der Waals surface area contributed by atoms with Crippen molar-refractivity contribution in [3.8, 4) is 5.75 Å². The second-order valence-electron chi connectivity index (χ2n) is 4.30. The quantitative estimate of drug-likeness (QED) is 0.640. The van der Waals surface area contributed by atoms with E-state index in [0.29, 0.717) is 21.4 Å². The van der Waals surface area contributed by atoms with Gasteiger partial charge in [-0.2, -0.15) is 0 Å². The van der Waals surface area contributed by atoms with Crippen LogP contribution >= 0.6 is 27.9 Å². The molecule has 6 heteroatoms. The molecule has 0 aliphatic rings. The van der Waals surface area contributed by atoms with Crippen molar-refractivity contribution in [2.75, 3.05) is 7.11 Å². The van der Waals surface area contributed by atoms with E-state index >= 15 is 0 Å². The van der Waals surface area contributed by atoms with Crippen molar-refractivity contribution in [2.45, 2.75) is 5.75 Å². The fraction of sp³-hybridized carbons (Fsp3) is 0.133. The Morgan fingerprint density at radius 2 is 2.10 bits per heavy atom. The smallest absolute Gasteiger partial charge is 0.194 e. The minimum Gasteiger partial charge on any atom is -0.494 e. The van der Waals surface area contributed by atoms with Crippen molar-refractivity contribution in [3.63, 3.8) is 0 Å². The van der Waals surface area contributed by atoms with Gasteiger partial charge in [-0.15, -0.1) is 0 Å². The summed E-state index contributed by atoms with van der Waals surface area (Å²) < 4.78 is 19.0. The van der Waals surface area contributed by atoms with Crippen molar-refractivity contribution in [3.05, 3.63) is 63.4 Å². The van der Waals surface area contributed by atoms with Gasteiger partial charge < -0.3 is 4.74 Å². The zero-order valence-corrected chi connectivity index (χ0v) is 13.6. The number of halogens is 2. The highest BCUT2D eigenvalue weighted by atomic mass is 79.9. The molecule has 2 rings (SSSR count). The Morgan fingerprint density at radius 3 is 2.71 bits per heavy atom. The van der Waals surface area contributed by atoms with Crippen LogP contribution in [0.15, 0.2) is 40.9 Å². The van der Waals surface area contributed by atoms with Gasteiger partial charge in [0, 0.05) is 21.4 Å². The molecule has 0 aliphatic heterocycles. The van der Waals surface area contributed by atoms with Gasteiger partial charge in [0.1, 0.15) is 0 Å². The molecule has 3 nitrogen and oxygen atoms in total. The zero-order chi connectivity index (χ0) is 15.4. The van der Waals surface area contributed by atoms with E-state index in [-0.39, 0.29) is 11.5 Å². The monoisotopic (exact) mass is 369 g/mol. The maximum absolute atomic E-state index is 13.4. The van der Waals surface area contributed by atoms with Crippen LogP contribution in [-0.2, 0) is 5.75 Å². The van der Waals surface area contributed by atoms with E-state index in [1.54, 1.807) is 6.07 Å². The molecule has 2 N–H and O–H groups in total. The molecule has 0 saturated carbocycles. The van der Waals surface area contributed by atoms with Crippen LogP contribution in [0.25, 0.3) is 0 Å². The lowest BCUT2D eigenvalue weighted by molar-refractivity contribution is 0.103. The van der Waals surface area contributed by atoms with Crippen molar-refractivity contribution >= 4 is 33.7 Å². The molecule has 0 unspecified atom stereocenters. The number of rotatable bonds is 5. The molecule has 21 heavy (non-hydrogen) atoms. The van der Waals surface area contributed by atoms with Crippen LogP contribution in [0.3, 0.4) is 0 Å². The molecule has 2 aromatic carbocycles. The molecular weight excluding hydrogens is 357 g/mol. The van der Waals surface area contributed by atoms with Crippen LogP contribution in [0.1, 0.15) is 21.5 Å². The number of carbonyl (C=O) groups excluding carboxylic acids is 1. The van der Waals surface area contributed by atoms with E-state index in [1.165, 1.54) is 37.3 Å². The predicted molar refractivity (Wildman–Crippen MR) is 86.0 cm³/mol. The molecule has 0 atom stereocenters. The van der Waals surface area contributed by atoms with Gasteiger partial charge in [0.15, 0.2) is 17.3 Å². The maximum atomic E-state index is 13.4. The van der Waals surface area contributed by atoms with Gasteiger partial charge in [0.05, 0.1) is 7.11 Å². The lowest BCUT2D eigenvalue weighted by atomic mass is 10.0. The molecule has 110 valence electrons. The van der Waals surface area contributed by atoms with E-state index in [1.807, 2.05) is 12.1 Å². The fourth-order valence-electron chi connectivity index (χ4n) is 1.89. The van der Waals surface area contributed by atoms with E-state index < -0.39 is 5.82 Å². The van der Waals surface area contributed by atoms with Gasteiger partial charge in [0.25, 0.3) is 0 Å². The Kier molecular flexibility index (Phi) is 5.39. The normalized spacial score (nSPS) is 10.5. The third-order valence-corrected chi connectivity index (χ3v) is 4.10. The van der Waals surface area contributed by atoms with Crippen LogP contribution < -0.4 is 9.88 Å². The number of methoxy groups -OCH3 is 1. The van der Waals surface area contributed by atoms with Gasteiger partial charge in [-0.05, 0) is 35.9 Å². The average Bonchev–Trinajstić information content (AvgIpc) is 2.47. The number of ketones is 1. The van der Waals surface area contributed by atoms with Crippen LogP contribution in [0.4, 0.5) is 4.39 Å². The van der Waals surface area contributed by atoms with Crippen molar-refractivity contribution in [2.24, 2.45) is 5.14 Å². The third-order valence-electron chi connectivity index (χ3n) is 2.94. The van der Waals surface area contributed by atoms with E-state index in [4.69, 9.17) is 9.88 Å². The largest absolute Gasteiger partial charge is 0.494 e. The first-order valence-corrected chi connectivity index (χ1v) is 7.89. The minimum atomic E-state index is -0.497. The van der Waals surface area contributed by atoms with Crippen LogP contribution in [0.5, 0.6) is 5.75 Å². The van der Waals surface area contributed by atoms with Crippen molar-refractivity contribution in [1.82, 2.24) is 0 Å². The molecule has 0 heterocycles.